The van der Waals surface area contributed by atoms with Crippen LogP contribution in [0.4, 0.5) is 5.69 Å². The van der Waals surface area contributed by atoms with Crippen molar-refractivity contribution in [2.24, 2.45) is 0 Å². The molecule has 1 atom stereocenters. The molecule has 0 aromatic heterocycles. The van der Waals surface area contributed by atoms with E-state index in [1.807, 2.05) is 19.1 Å². The molecule has 2 aromatic carbocycles. The van der Waals surface area contributed by atoms with Crippen LogP contribution in [0.25, 0.3) is 0 Å². The van der Waals surface area contributed by atoms with Gasteiger partial charge in [-0.15, -0.1) is 0 Å². The van der Waals surface area contributed by atoms with Crippen LogP contribution in [0.5, 0.6) is 0 Å². The number of amides is 1. The average molecular weight is 464 g/mol. The number of halogens is 1. The van der Waals surface area contributed by atoms with Crippen molar-refractivity contribution >= 4 is 33.2 Å². The smallest absolute Gasteiger partial charge is 0.243 e. The van der Waals surface area contributed by atoms with E-state index >= 15 is 0 Å². The maximum atomic E-state index is 12.8. The third kappa shape index (κ3) is 6.21. The molecule has 8 heteroatoms. The van der Waals surface area contributed by atoms with Gasteiger partial charge in [0.15, 0.2) is 0 Å². The van der Waals surface area contributed by atoms with Gasteiger partial charge in [0, 0.05) is 18.1 Å². The summed E-state index contributed by atoms with van der Waals surface area (Å²) in [5.41, 5.74) is 3.41. The van der Waals surface area contributed by atoms with Gasteiger partial charge in [-0.05, 0) is 68.6 Å². The first-order valence-electron chi connectivity index (χ1n) is 10.5. The van der Waals surface area contributed by atoms with Crippen molar-refractivity contribution in [1.29, 1.82) is 0 Å². The monoisotopic (exact) mass is 463 g/mol. The van der Waals surface area contributed by atoms with Crippen LogP contribution in [0.2, 0.25) is 5.02 Å². The Labute approximate surface area is 190 Å². The summed E-state index contributed by atoms with van der Waals surface area (Å²) in [6, 6.07) is 12.2. The highest BCUT2D eigenvalue weighted by atomic mass is 35.5. The molecule has 0 spiro atoms. The lowest BCUT2D eigenvalue weighted by Gasteiger charge is -2.28. The summed E-state index contributed by atoms with van der Waals surface area (Å²) in [5, 5.41) is 3.33. The van der Waals surface area contributed by atoms with Gasteiger partial charge in [0.05, 0.1) is 11.9 Å². The number of nitrogens with one attached hydrogen (secondary N) is 1. The number of nitrogens with zero attached hydrogens (tertiary/aromatic N) is 2. The molecule has 0 bridgehead atoms. The summed E-state index contributed by atoms with van der Waals surface area (Å²) in [7, 11) is -3.69. The van der Waals surface area contributed by atoms with Gasteiger partial charge in [-0.2, -0.15) is 0 Å². The van der Waals surface area contributed by atoms with Crippen molar-refractivity contribution in [2.45, 2.75) is 45.8 Å². The lowest BCUT2D eigenvalue weighted by atomic mass is 10.1. The van der Waals surface area contributed by atoms with Gasteiger partial charge in [0.25, 0.3) is 0 Å². The van der Waals surface area contributed by atoms with Gasteiger partial charge in [-0.1, -0.05) is 41.9 Å². The summed E-state index contributed by atoms with van der Waals surface area (Å²) >= 11 is 6.18. The van der Waals surface area contributed by atoms with E-state index in [-0.39, 0.29) is 5.91 Å². The Balaban J connectivity index is 1.68. The predicted molar refractivity (Wildman–Crippen MR) is 126 cm³/mol. The van der Waals surface area contributed by atoms with E-state index in [1.54, 1.807) is 25.1 Å². The van der Waals surface area contributed by atoms with Crippen molar-refractivity contribution in [3.05, 3.63) is 64.2 Å². The molecule has 2 aromatic rings. The van der Waals surface area contributed by atoms with E-state index in [1.165, 1.54) is 18.4 Å². The van der Waals surface area contributed by atoms with Crippen LogP contribution in [0.15, 0.2) is 42.5 Å². The first kappa shape index (κ1) is 23.6. The maximum Gasteiger partial charge on any atom is 0.243 e. The number of sulfonamides is 1. The fourth-order valence-corrected chi connectivity index (χ4v) is 5.24. The highest BCUT2D eigenvalue weighted by Gasteiger charge is 2.29. The molecule has 6 nitrogen and oxygen atoms in total. The SMILES string of the molecule is Cc1ccc(N([C@@H](C)C(=O)NCc2cccc(CN3CCCC3)c2)S(C)(=O)=O)cc1Cl. The standard InChI is InChI=1S/C23H30ClN3O3S/c1-17-9-10-21(14-22(17)24)27(31(3,29)30)18(2)23(28)25-15-19-7-6-8-20(13-19)16-26-11-4-5-12-26/h6-10,13-14,18H,4-5,11-12,15-16H2,1-3H3,(H,25,28)/t18-/m0/s1. The minimum absolute atomic E-state index is 0.337. The van der Waals surface area contributed by atoms with E-state index in [9.17, 15) is 13.2 Å². The molecule has 3 rings (SSSR count). The molecule has 1 saturated heterocycles. The molecule has 31 heavy (non-hydrogen) atoms. The Morgan fingerprint density at radius 3 is 2.48 bits per heavy atom. The van der Waals surface area contributed by atoms with E-state index in [0.29, 0.717) is 17.3 Å². The first-order valence-corrected chi connectivity index (χ1v) is 12.7. The lowest BCUT2D eigenvalue weighted by molar-refractivity contribution is -0.122. The number of aryl methyl sites for hydroxylation is 1. The Bertz CT molecular complexity index is 1040. The minimum atomic E-state index is -3.69. The largest absolute Gasteiger partial charge is 0.350 e. The van der Waals surface area contributed by atoms with Gasteiger partial charge in [-0.3, -0.25) is 14.0 Å². The molecule has 0 radical (unpaired) electrons. The Morgan fingerprint density at radius 1 is 1.16 bits per heavy atom. The fourth-order valence-electron chi connectivity index (χ4n) is 3.90. The zero-order chi connectivity index (χ0) is 22.6. The number of carbonyl (C=O) groups excluding carboxylic acids is 1. The summed E-state index contributed by atoms with van der Waals surface area (Å²) in [4.78, 5) is 15.3. The number of benzene rings is 2. The van der Waals surface area contributed by atoms with Crippen LogP contribution >= 0.6 is 11.6 Å². The number of likely N-dealkylation sites (tertiary alicyclic amines) is 1. The van der Waals surface area contributed by atoms with Crippen LogP contribution in [0.3, 0.4) is 0 Å². The third-order valence-electron chi connectivity index (χ3n) is 5.56. The summed E-state index contributed by atoms with van der Waals surface area (Å²) in [6.07, 6.45) is 3.58. The molecule has 1 heterocycles. The molecule has 1 N–H and O–H groups in total. The van der Waals surface area contributed by atoms with Crippen molar-refractivity contribution in [3.8, 4) is 0 Å². The number of carbonyl (C=O) groups is 1. The third-order valence-corrected chi connectivity index (χ3v) is 7.21. The normalized spacial score (nSPS) is 15.6. The predicted octanol–water partition coefficient (Wildman–Crippen LogP) is 3.72. The number of anilines is 1. The van der Waals surface area contributed by atoms with Gasteiger partial charge >= 0.3 is 0 Å². The number of hydrogen-bond donors (Lipinski definition) is 1. The molecule has 0 unspecified atom stereocenters. The molecule has 1 aliphatic heterocycles. The zero-order valence-corrected chi connectivity index (χ0v) is 19.8. The van der Waals surface area contributed by atoms with Crippen LogP contribution in [-0.2, 0) is 27.9 Å². The van der Waals surface area contributed by atoms with Crippen molar-refractivity contribution in [1.82, 2.24) is 10.2 Å². The topological polar surface area (TPSA) is 69.7 Å². The lowest BCUT2D eigenvalue weighted by Crippen LogP contribution is -2.47. The Kier molecular flexibility index (Phi) is 7.62. The second kappa shape index (κ2) is 10.0. The van der Waals surface area contributed by atoms with Crippen molar-refractivity contribution in [2.75, 3.05) is 23.7 Å². The van der Waals surface area contributed by atoms with Gasteiger partial charge in [-0.25, -0.2) is 8.42 Å². The molecule has 168 valence electrons. The molecule has 1 aliphatic rings. The molecule has 0 aliphatic carbocycles. The molecular weight excluding hydrogens is 434 g/mol. The van der Waals surface area contributed by atoms with Gasteiger partial charge in [0.2, 0.25) is 15.9 Å². The highest BCUT2D eigenvalue weighted by molar-refractivity contribution is 7.92. The summed E-state index contributed by atoms with van der Waals surface area (Å²) in [5.74, 6) is -0.368. The quantitative estimate of drug-likeness (QED) is 0.647. The zero-order valence-electron chi connectivity index (χ0n) is 18.3. The molecule has 1 fully saturated rings. The van der Waals surface area contributed by atoms with Crippen LogP contribution in [-0.4, -0.2) is 44.6 Å². The van der Waals surface area contributed by atoms with E-state index in [0.717, 1.165) is 41.3 Å². The van der Waals surface area contributed by atoms with Crippen molar-refractivity contribution < 1.29 is 13.2 Å². The molecular formula is C23H30ClN3O3S. The number of hydrogen-bond acceptors (Lipinski definition) is 4. The molecule has 1 amide bonds. The second-order valence-corrected chi connectivity index (χ2v) is 10.5. The Morgan fingerprint density at radius 2 is 1.84 bits per heavy atom. The van der Waals surface area contributed by atoms with Crippen LogP contribution in [0.1, 0.15) is 36.5 Å². The number of rotatable bonds is 8. The van der Waals surface area contributed by atoms with Gasteiger partial charge in [0.1, 0.15) is 6.04 Å². The van der Waals surface area contributed by atoms with Gasteiger partial charge < -0.3 is 5.32 Å². The van der Waals surface area contributed by atoms with Crippen molar-refractivity contribution in [3.63, 3.8) is 0 Å². The van der Waals surface area contributed by atoms with Crippen LogP contribution in [0, 0.1) is 6.92 Å². The summed E-state index contributed by atoms with van der Waals surface area (Å²) in [6.45, 7) is 6.92. The highest BCUT2D eigenvalue weighted by Crippen LogP contribution is 2.26. The van der Waals surface area contributed by atoms with E-state index in [4.69, 9.17) is 11.6 Å². The minimum Gasteiger partial charge on any atom is -0.350 e. The average Bonchev–Trinajstić information content (AvgIpc) is 3.21. The maximum absolute atomic E-state index is 12.8. The van der Waals surface area contributed by atoms with E-state index in [2.05, 4.69) is 22.3 Å². The fraction of sp³-hybridized carbons (Fsp3) is 0.435. The summed E-state index contributed by atoms with van der Waals surface area (Å²) < 4.78 is 26.0. The Hall–Kier alpha value is -2.09. The van der Waals surface area contributed by atoms with E-state index < -0.39 is 16.1 Å². The first-order chi connectivity index (χ1) is 14.6. The van der Waals surface area contributed by atoms with Crippen LogP contribution < -0.4 is 9.62 Å². The molecule has 0 saturated carbocycles. The second-order valence-electron chi connectivity index (χ2n) is 8.19.